The SMILES string of the molecule is O=C1C(=Cc2ccc(Cl)c(Cl)c2)Oc2cc(OCc3ccccc3)ccc21. The molecule has 0 aromatic heterocycles. The number of allylic oxidation sites excluding steroid dienone is 1. The zero-order valence-electron chi connectivity index (χ0n) is 14.1. The fraction of sp³-hybridized carbons (Fsp3) is 0.0455. The van der Waals surface area contributed by atoms with Crippen molar-refractivity contribution in [3.05, 3.63) is 99.2 Å². The smallest absolute Gasteiger partial charge is 0.231 e. The van der Waals surface area contributed by atoms with Crippen molar-refractivity contribution in [2.24, 2.45) is 0 Å². The Hall–Kier alpha value is -2.75. The molecule has 27 heavy (non-hydrogen) atoms. The number of carbonyl (C=O) groups is 1. The Morgan fingerprint density at radius 2 is 1.74 bits per heavy atom. The lowest BCUT2D eigenvalue weighted by Crippen LogP contribution is -1.98. The number of rotatable bonds is 4. The number of hydrogen-bond donors (Lipinski definition) is 0. The Labute approximate surface area is 166 Å². The van der Waals surface area contributed by atoms with Crippen LogP contribution in [0.1, 0.15) is 21.5 Å². The summed E-state index contributed by atoms with van der Waals surface area (Å²) in [5.74, 6) is 1.19. The van der Waals surface area contributed by atoms with Gasteiger partial charge in [0.05, 0.1) is 15.6 Å². The van der Waals surface area contributed by atoms with Crippen LogP contribution in [0.3, 0.4) is 0 Å². The van der Waals surface area contributed by atoms with E-state index in [1.807, 2.05) is 30.3 Å². The van der Waals surface area contributed by atoms with Gasteiger partial charge in [-0.05, 0) is 41.5 Å². The number of carbonyl (C=O) groups excluding carboxylic acids is 1. The van der Waals surface area contributed by atoms with E-state index in [1.165, 1.54) is 0 Å². The van der Waals surface area contributed by atoms with E-state index in [9.17, 15) is 4.79 Å². The second-order valence-electron chi connectivity index (χ2n) is 6.05. The van der Waals surface area contributed by atoms with E-state index in [4.69, 9.17) is 32.7 Å². The number of benzene rings is 3. The van der Waals surface area contributed by atoms with Crippen molar-refractivity contribution in [3.63, 3.8) is 0 Å². The lowest BCUT2D eigenvalue weighted by Gasteiger charge is -2.07. The van der Waals surface area contributed by atoms with E-state index in [-0.39, 0.29) is 11.5 Å². The highest BCUT2D eigenvalue weighted by atomic mass is 35.5. The van der Waals surface area contributed by atoms with Crippen LogP contribution in [0.4, 0.5) is 0 Å². The van der Waals surface area contributed by atoms with Gasteiger partial charge in [-0.15, -0.1) is 0 Å². The molecule has 0 saturated carbocycles. The molecule has 3 aromatic carbocycles. The number of halogens is 2. The molecule has 0 N–H and O–H groups in total. The molecule has 134 valence electrons. The van der Waals surface area contributed by atoms with Gasteiger partial charge in [-0.25, -0.2) is 0 Å². The third-order valence-corrected chi connectivity index (χ3v) is 4.87. The van der Waals surface area contributed by atoms with Crippen molar-refractivity contribution in [1.29, 1.82) is 0 Å². The van der Waals surface area contributed by atoms with Crippen molar-refractivity contribution in [3.8, 4) is 11.5 Å². The van der Waals surface area contributed by atoms with Gasteiger partial charge in [0.1, 0.15) is 18.1 Å². The second-order valence-corrected chi connectivity index (χ2v) is 6.86. The molecule has 0 fully saturated rings. The van der Waals surface area contributed by atoms with Gasteiger partial charge in [-0.1, -0.05) is 59.6 Å². The first kappa shape index (κ1) is 17.7. The lowest BCUT2D eigenvalue weighted by molar-refractivity contribution is 0.101. The van der Waals surface area contributed by atoms with Crippen molar-refractivity contribution in [2.45, 2.75) is 6.61 Å². The molecule has 0 radical (unpaired) electrons. The molecule has 4 rings (SSSR count). The van der Waals surface area contributed by atoms with Crippen molar-refractivity contribution < 1.29 is 14.3 Å². The summed E-state index contributed by atoms with van der Waals surface area (Å²) in [6.45, 7) is 0.444. The van der Waals surface area contributed by atoms with Crippen LogP contribution >= 0.6 is 23.2 Å². The van der Waals surface area contributed by atoms with Gasteiger partial charge < -0.3 is 9.47 Å². The van der Waals surface area contributed by atoms with Gasteiger partial charge in [0.15, 0.2) is 5.76 Å². The molecule has 0 aliphatic carbocycles. The minimum absolute atomic E-state index is 0.175. The van der Waals surface area contributed by atoms with Gasteiger partial charge in [-0.2, -0.15) is 0 Å². The Morgan fingerprint density at radius 3 is 2.52 bits per heavy atom. The zero-order valence-corrected chi connectivity index (χ0v) is 15.6. The molecule has 0 spiro atoms. The topological polar surface area (TPSA) is 35.5 Å². The fourth-order valence-corrected chi connectivity index (χ4v) is 3.06. The number of hydrogen-bond acceptors (Lipinski definition) is 3. The monoisotopic (exact) mass is 396 g/mol. The summed E-state index contributed by atoms with van der Waals surface area (Å²) < 4.78 is 11.5. The molecule has 0 saturated heterocycles. The molecule has 0 bridgehead atoms. The predicted octanol–water partition coefficient (Wildman–Crippen LogP) is 6.19. The first-order valence-corrected chi connectivity index (χ1v) is 9.06. The maximum Gasteiger partial charge on any atom is 0.231 e. The normalized spacial score (nSPS) is 14.1. The first-order valence-electron chi connectivity index (χ1n) is 8.30. The predicted molar refractivity (Wildman–Crippen MR) is 107 cm³/mol. The molecule has 3 nitrogen and oxygen atoms in total. The Morgan fingerprint density at radius 1 is 0.926 bits per heavy atom. The number of Topliss-reactive ketones (excluding diaryl/α,β-unsaturated/α-hetero) is 1. The number of fused-ring (bicyclic) bond motifs is 1. The van der Waals surface area contributed by atoms with Crippen LogP contribution in [0, 0.1) is 0 Å². The van der Waals surface area contributed by atoms with E-state index in [1.54, 1.807) is 42.5 Å². The summed E-state index contributed by atoms with van der Waals surface area (Å²) in [6, 6.07) is 20.2. The van der Waals surface area contributed by atoms with Crippen molar-refractivity contribution >= 4 is 35.1 Å². The van der Waals surface area contributed by atoms with Gasteiger partial charge in [0, 0.05) is 6.07 Å². The summed E-state index contributed by atoms with van der Waals surface area (Å²) >= 11 is 12.0. The van der Waals surface area contributed by atoms with Gasteiger partial charge in [-0.3, -0.25) is 4.79 Å². The highest BCUT2D eigenvalue weighted by Crippen LogP contribution is 2.35. The van der Waals surface area contributed by atoms with Crippen molar-refractivity contribution in [2.75, 3.05) is 0 Å². The van der Waals surface area contributed by atoms with Crippen LogP contribution in [-0.2, 0) is 6.61 Å². The van der Waals surface area contributed by atoms with E-state index in [2.05, 4.69) is 0 Å². The highest BCUT2D eigenvalue weighted by Gasteiger charge is 2.27. The maximum atomic E-state index is 12.6. The van der Waals surface area contributed by atoms with E-state index >= 15 is 0 Å². The molecular weight excluding hydrogens is 383 g/mol. The summed E-state index contributed by atoms with van der Waals surface area (Å²) in [6.07, 6.45) is 1.65. The van der Waals surface area contributed by atoms with Crippen LogP contribution in [0.25, 0.3) is 6.08 Å². The van der Waals surface area contributed by atoms with Crippen LogP contribution in [0.2, 0.25) is 10.0 Å². The van der Waals surface area contributed by atoms with E-state index in [0.717, 1.165) is 11.1 Å². The largest absolute Gasteiger partial charge is 0.489 e. The highest BCUT2D eigenvalue weighted by molar-refractivity contribution is 6.42. The van der Waals surface area contributed by atoms with Gasteiger partial charge in [0.25, 0.3) is 0 Å². The number of ketones is 1. The molecule has 1 aliphatic heterocycles. The number of ether oxygens (including phenoxy) is 2. The molecule has 3 aromatic rings. The summed E-state index contributed by atoms with van der Waals surface area (Å²) in [7, 11) is 0. The van der Waals surface area contributed by atoms with Crippen LogP contribution in [-0.4, -0.2) is 5.78 Å². The zero-order chi connectivity index (χ0) is 18.8. The fourth-order valence-electron chi connectivity index (χ4n) is 2.75. The van der Waals surface area contributed by atoms with Crippen molar-refractivity contribution in [1.82, 2.24) is 0 Å². The molecule has 1 heterocycles. The van der Waals surface area contributed by atoms with Crippen LogP contribution in [0.5, 0.6) is 11.5 Å². The van der Waals surface area contributed by atoms with E-state index < -0.39 is 0 Å². The molecule has 0 atom stereocenters. The summed E-state index contributed by atoms with van der Waals surface area (Å²) in [5, 5.41) is 0.881. The summed E-state index contributed by atoms with van der Waals surface area (Å²) in [4.78, 5) is 12.6. The standard InChI is InChI=1S/C22H14Cl2O3/c23-18-9-6-15(10-19(18)24)11-21-22(25)17-8-7-16(12-20(17)27-21)26-13-14-4-2-1-3-5-14/h1-12H,13H2. The van der Waals surface area contributed by atoms with Crippen LogP contribution < -0.4 is 9.47 Å². The maximum absolute atomic E-state index is 12.6. The third-order valence-electron chi connectivity index (χ3n) is 4.13. The quantitative estimate of drug-likeness (QED) is 0.493. The van der Waals surface area contributed by atoms with Gasteiger partial charge in [0.2, 0.25) is 5.78 Å². The second kappa shape index (κ2) is 7.47. The van der Waals surface area contributed by atoms with Gasteiger partial charge >= 0.3 is 0 Å². The first-order chi connectivity index (χ1) is 13.1. The molecule has 1 aliphatic rings. The average Bonchev–Trinajstić information content (AvgIpc) is 2.99. The Balaban J connectivity index is 1.53. The average molecular weight is 397 g/mol. The van der Waals surface area contributed by atoms with Crippen LogP contribution in [0.15, 0.2) is 72.5 Å². The minimum Gasteiger partial charge on any atom is -0.489 e. The molecular formula is C22H14Cl2O3. The molecule has 5 heteroatoms. The minimum atomic E-state index is -0.175. The molecule has 0 unspecified atom stereocenters. The summed E-state index contributed by atoms with van der Waals surface area (Å²) in [5.41, 5.74) is 2.31. The third kappa shape index (κ3) is 3.85. The lowest BCUT2D eigenvalue weighted by atomic mass is 10.1. The molecule has 0 amide bonds. The Kier molecular flexibility index (Phi) is 4.88. The Bertz CT molecular complexity index is 1040. The van der Waals surface area contributed by atoms with E-state index in [0.29, 0.717) is 33.7 Å².